The van der Waals surface area contributed by atoms with Crippen molar-refractivity contribution in [2.75, 3.05) is 52.9 Å². The molecule has 0 aromatic rings. The number of methoxy groups -OCH3 is 1. The number of hydrogen-bond donors (Lipinski definition) is 2. The van der Waals surface area contributed by atoms with Gasteiger partial charge < -0.3 is 25.2 Å². The van der Waals surface area contributed by atoms with Crippen LogP contribution in [0.1, 0.15) is 46.0 Å². The molecule has 0 unspecified atom stereocenters. The van der Waals surface area contributed by atoms with Gasteiger partial charge in [-0.15, -0.1) is 24.0 Å². The first kappa shape index (κ1) is 24.3. The largest absolute Gasteiger partial charge is 0.453 e. The van der Waals surface area contributed by atoms with Gasteiger partial charge in [0.1, 0.15) is 0 Å². The van der Waals surface area contributed by atoms with Gasteiger partial charge in [0.05, 0.1) is 7.11 Å². The minimum atomic E-state index is -0.224. The Bertz CT molecular complexity index is 447. The summed E-state index contributed by atoms with van der Waals surface area (Å²) < 4.78 is 4.80. The van der Waals surface area contributed by atoms with Crippen molar-refractivity contribution in [3.63, 3.8) is 0 Å². The molecule has 0 bridgehead atoms. The summed E-state index contributed by atoms with van der Waals surface area (Å²) in [7, 11) is 1.44. The molecule has 0 saturated carbocycles. The lowest BCUT2D eigenvalue weighted by Crippen LogP contribution is -2.49. The minimum absolute atomic E-state index is 0. The summed E-state index contributed by atoms with van der Waals surface area (Å²) in [6.45, 7) is 11.2. The van der Waals surface area contributed by atoms with Crippen LogP contribution in [0.4, 0.5) is 4.79 Å². The Kier molecular flexibility index (Phi) is 12.1. The number of halogens is 1. The van der Waals surface area contributed by atoms with E-state index in [1.807, 2.05) is 0 Å². The van der Waals surface area contributed by atoms with Crippen molar-refractivity contribution < 1.29 is 9.53 Å². The highest BCUT2D eigenvalue weighted by atomic mass is 127. The first-order valence-corrected chi connectivity index (χ1v) is 10.3. The van der Waals surface area contributed by atoms with Crippen molar-refractivity contribution in [2.24, 2.45) is 10.9 Å². The van der Waals surface area contributed by atoms with Crippen molar-refractivity contribution >= 4 is 36.0 Å². The molecule has 7 nitrogen and oxygen atoms in total. The lowest BCUT2D eigenvalue weighted by atomic mass is 9.94. The topological polar surface area (TPSA) is 69.2 Å². The Balaban J connectivity index is 0.00000364. The van der Waals surface area contributed by atoms with Crippen LogP contribution in [0.2, 0.25) is 0 Å². The highest BCUT2D eigenvalue weighted by Gasteiger charge is 2.23. The van der Waals surface area contributed by atoms with E-state index < -0.39 is 0 Å². The van der Waals surface area contributed by atoms with Crippen molar-refractivity contribution in [3.8, 4) is 0 Å². The van der Waals surface area contributed by atoms with Gasteiger partial charge in [-0.3, -0.25) is 4.99 Å². The van der Waals surface area contributed by atoms with Gasteiger partial charge in [-0.1, -0.05) is 6.92 Å². The van der Waals surface area contributed by atoms with Crippen LogP contribution in [0.25, 0.3) is 0 Å². The van der Waals surface area contributed by atoms with Crippen LogP contribution >= 0.6 is 24.0 Å². The number of nitrogens with one attached hydrogen (secondary N) is 2. The van der Waals surface area contributed by atoms with Gasteiger partial charge in [0.2, 0.25) is 0 Å². The van der Waals surface area contributed by atoms with Gasteiger partial charge in [-0.2, -0.15) is 0 Å². The van der Waals surface area contributed by atoms with Crippen molar-refractivity contribution in [2.45, 2.75) is 52.0 Å². The number of nitrogens with zero attached hydrogens (tertiary/aromatic N) is 3. The molecule has 0 spiro atoms. The maximum atomic E-state index is 11.6. The third kappa shape index (κ3) is 8.41. The average Bonchev–Trinajstić information content (AvgIpc) is 2.68. The number of ether oxygens (including phenoxy) is 1. The van der Waals surface area contributed by atoms with E-state index in [1.54, 1.807) is 4.90 Å². The number of aliphatic imine (C=N–C) groups is 1. The van der Waals surface area contributed by atoms with Crippen LogP contribution in [-0.4, -0.2) is 80.8 Å². The maximum Gasteiger partial charge on any atom is 0.409 e. The number of guanidine groups is 1. The number of piperidine rings is 2. The monoisotopic (exact) mass is 495 g/mol. The summed E-state index contributed by atoms with van der Waals surface area (Å²) in [5, 5.41) is 6.89. The van der Waals surface area contributed by atoms with Gasteiger partial charge in [0.15, 0.2) is 5.96 Å². The first-order valence-electron chi connectivity index (χ1n) is 10.3. The van der Waals surface area contributed by atoms with Crippen LogP contribution < -0.4 is 10.6 Å². The Labute approximate surface area is 181 Å². The average molecular weight is 495 g/mol. The van der Waals surface area contributed by atoms with E-state index in [0.717, 1.165) is 50.9 Å². The fraction of sp³-hybridized carbons (Fsp3) is 0.895. The van der Waals surface area contributed by atoms with Gasteiger partial charge >= 0.3 is 6.09 Å². The second-order valence-corrected chi connectivity index (χ2v) is 7.30. The number of rotatable bonds is 6. The fourth-order valence-corrected chi connectivity index (χ4v) is 3.80. The molecule has 2 rings (SSSR count). The molecule has 2 heterocycles. The van der Waals surface area contributed by atoms with Crippen molar-refractivity contribution in [1.82, 2.24) is 20.4 Å². The zero-order valence-corrected chi connectivity index (χ0v) is 19.5. The zero-order valence-electron chi connectivity index (χ0n) is 17.2. The number of likely N-dealkylation sites (tertiary alicyclic amines) is 2. The molecule has 0 aliphatic carbocycles. The molecule has 0 aromatic carbocycles. The van der Waals surface area contributed by atoms with Crippen LogP contribution in [0, 0.1) is 5.92 Å². The quantitative estimate of drug-likeness (QED) is 0.337. The van der Waals surface area contributed by atoms with Gasteiger partial charge in [-0.05, 0) is 64.6 Å². The number of carbonyl (C=O) groups is 1. The second-order valence-electron chi connectivity index (χ2n) is 7.30. The summed E-state index contributed by atoms with van der Waals surface area (Å²) in [6.07, 6.45) is 5.41. The van der Waals surface area contributed by atoms with E-state index in [2.05, 4.69) is 29.4 Å². The molecule has 2 N–H and O–H groups in total. The molecule has 0 atom stereocenters. The van der Waals surface area contributed by atoms with Crippen LogP contribution in [-0.2, 0) is 4.74 Å². The Morgan fingerprint density at radius 2 is 1.78 bits per heavy atom. The zero-order chi connectivity index (χ0) is 18.8. The summed E-state index contributed by atoms with van der Waals surface area (Å²) >= 11 is 0. The molecule has 1 amide bonds. The SMILES string of the molecule is CCNC(=NCCC1CCN(CC)CC1)NC1CCN(C(=O)OC)CC1.I. The molecule has 8 heteroatoms. The van der Waals surface area contributed by atoms with Crippen LogP contribution in [0.15, 0.2) is 4.99 Å². The molecule has 0 aromatic heterocycles. The molecule has 2 fully saturated rings. The predicted molar refractivity (Wildman–Crippen MR) is 121 cm³/mol. The second kappa shape index (κ2) is 13.4. The fourth-order valence-electron chi connectivity index (χ4n) is 3.80. The van der Waals surface area contributed by atoms with Crippen molar-refractivity contribution in [3.05, 3.63) is 0 Å². The summed E-state index contributed by atoms with van der Waals surface area (Å²) in [4.78, 5) is 20.7. The van der Waals surface area contributed by atoms with E-state index >= 15 is 0 Å². The summed E-state index contributed by atoms with van der Waals surface area (Å²) in [5.41, 5.74) is 0. The van der Waals surface area contributed by atoms with Crippen LogP contribution in [0.3, 0.4) is 0 Å². The molecule has 2 aliphatic rings. The van der Waals surface area contributed by atoms with E-state index in [-0.39, 0.29) is 30.1 Å². The lowest BCUT2D eigenvalue weighted by Gasteiger charge is -2.32. The maximum absolute atomic E-state index is 11.6. The molecule has 2 aliphatic heterocycles. The Morgan fingerprint density at radius 1 is 1.11 bits per heavy atom. The Hall–Kier alpha value is -0.770. The van der Waals surface area contributed by atoms with Gasteiger partial charge in [0, 0.05) is 32.2 Å². The molecular weight excluding hydrogens is 457 g/mol. The number of amides is 1. The van der Waals surface area contributed by atoms with E-state index in [0.29, 0.717) is 6.04 Å². The smallest absolute Gasteiger partial charge is 0.409 e. The van der Waals surface area contributed by atoms with Crippen molar-refractivity contribution in [1.29, 1.82) is 0 Å². The highest BCUT2D eigenvalue weighted by molar-refractivity contribution is 14.0. The molecule has 27 heavy (non-hydrogen) atoms. The molecule has 0 radical (unpaired) electrons. The number of hydrogen-bond acceptors (Lipinski definition) is 4. The van der Waals surface area contributed by atoms with E-state index in [4.69, 9.17) is 9.73 Å². The predicted octanol–water partition coefficient (Wildman–Crippen LogP) is 2.51. The normalized spacial score (nSPS) is 20.1. The van der Waals surface area contributed by atoms with E-state index in [1.165, 1.54) is 46.0 Å². The standard InChI is InChI=1S/C19H37N5O2.HI/c1-4-20-18(21-11-6-16-7-12-23(5-2)13-8-16)22-17-9-14-24(15-10-17)19(25)26-3;/h16-17H,4-15H2,1-3H3,(H2,20,21,22);1H. The molecular formula is C19H38IN5O2. The first-order chi connectivity index (χ1) is 12.7. The number of carbonyl (C=O) groups excluding carboxylic acids is 1. The summed E-state index contributed by atoms with van der Waals surface area (Å²) in [6, 6.07) is 0.362. The third-order valence-electron chi connectivity index (χ3n) is 5.57. The molecule has 158 valence electrons. The minimum Gasteiger partial charge on any atom is -0.453 e. The lowest BCUT2D eigenvalue weighted by molar-refractivity contribution is 0.111. The highest BCUT2D eigenvalue weighted by Crippen LogP contribution is 2.20. The van der Waals surface area contributed by atoms with Gasteiger partial charge in [-0.25, -0.2) is 4.79 Å². The van der Waals surface area contributed by atoms with Crippen LogP contribution in [0.5, 0.6) is 0 Å². The molecule has 2 saturated heterocycles. The van der Waals surface area contributed by atoms with Gasteiger partial charge in [0.25, 0.3) is 0 Å². The third-order valence-corrected chi connectivity index (χ3v) is 5.57. The summed E-state index contributed by atoms with van der Waals surface area (Å²) in [5.74, 6) is 1.72. The van der Waals surface area contributed by atoms with E-state index in [9.17, 15) is 4.79 Å². The Morgan fingerprint density at radius 3 is 2.33 bits per heavy atom.